The first-order valence-corrected chi connectivity index (χ1v) is 6.25. The molecule has 0 aromatic heterocycles. The maximum absolute atomic E-state index is 10.3. The number of ether oxygens (including phenoxy) is 2. The summed E-state index contributed by atoms with van der Waals surface area (Å²) in [6.45, 7) is 0.762. The van der Waals surface area contributed by atoms with E-state index < -0.39 is 6.10 Å². The Morgan fingerprint density at radius 1 is 1.24 bits per heavy atom. The van der Waals surface area contributed by atoms with Gasteiger partial charge in [-0.15, -0.1) is 0 Å². The third-order valence-electron chi connectivity index (χ3n) is 3.27. The Bertz CT molecular complexity index is 326. The van der Waals surface area contributed by atoms with Gasteiger partial charge in [-0.3, -0.25) is 0 Å². The number of aliphatic hydroxyl groups is 1. The summed E-state index contributed by atoms with van der Waals surface area (Å²) < 4.78 is 10.8. The molecular weight excluding hydrogens is 216 g/mol. The summed E-state index contributed by atoms with van der Waals surface area (Å²) in [6, 6.07) is 7.54. The molecule has 0 bridgehead atoms. The Labute approximate surface area is 102 Å². The van der Waals surface area contributed by atoms with Crippen LogP contribution in [0.5, 0.6) is 5.75 Å². The smallest absolute Gasteiger partial charge is 0.118 e. The van der Waals surface area contributed by atoms with Gasteiger partial charge in [0.15, 0.2) is 0 Å². The normalized spacial score (nSPS) is 22.8. The fourth-order valence-electron chi connectivity index (χ4n) is 2.21. The van der Waals surface area contributed by atoms with Gasteiger partial charge in [0.2, 0.25) is 0 Å². The van der Waals surface area contributed by atoms with Crippen molar-refractivity contribution in [3.8, 4) is 5.75 Å². The second-order valence-electron chi connectivity index (χ2n) is 4.48. The predicted octanol–water partition coefficient (Wildman–Crippen LogP) is 2.69. The van der Waals surface area contributed by atoms with Gasteiger partial charge in [-0.1, -0.05) is 25.0 Å². The van der Waals surface area contributed by atoms with Crippen LogP contribution in [0.25, 0.3) is 0 Å². The van der Waals surface area contributed by atoms with Crippen LogP contribution in [0.2, 0.25) is 0 Å². The van der Waals surface area contributed by atoms with Crippen LogP contribution in [0.1, 0.15) is 37.4 Å². The third-order valence-corrected chi connectivity index (χ3v) is 3.27. The zero-order valence-electron chi connectivity index (χ0n) is 10.3. The van der Waals surface area contributed by atoms with Crippen LogP contribution in [0.15, 0.2) is 24.3 Å². The van der Waals surface area contributed by atoms with Gasteiger partial charge in [-0.2, -0.15) is 0 Å². The van der Waals surface area contributed by atoms with Gasteiger partial charge in [0.1, 0.15) is 11.9 Å². The summed E-state index contributed by atoms with van der Waals surface area (Å²) in [4.78, 5) is 0. The Morgan fingerprint density at radius 2 is 2.00 bits per heavy atom. The highest BCUT2D eigenvalue weighted by atomic mass is 16.5. The van der Waals surface area contributed by atoms with Crippen molar-refractivity contribution in [2.45, 2.75) is 37.9 Å². The largest absolute Gasteiger partial charge is 0.497 e. The van der Waals surface area contributed by atoms with Crippen LogP contribution in [0.4, 0.5) is 0 Å². The first-order chi connectivity index (χ1) is 8.31. The standard InChI is InChI=1S/C14H20O3/c1-16-12-8-6-11(7-9-12)14(15)13-5-3-2-4-10-17-13/h6-9,13-15H,2-5,10H2,1H3/t13-,14+/m0/s1. The zero-order valence-corrected chi connectivity index (χ0v) is 10.3. The van der Waals surface area contributed by atoms with Gasteiger partial charge >= 0.3 is 0 Å². The van der Waals surface area contributed by atoms with Crippen molar-refractivity contribution in [1.29, 1.82) is 0 Å². The van der Waals surface area contributed by atoms with Crippen molar-refractivity contribution in [3.63, 3.8) is 0 Å². The molecular formula is C14H20O3. The SMILES string of the molecule is COc1ccc([C@@H](O)[C@@H]2CCCCCO2)cc1. The van der Waals surface area contributed by atoms with E-state index >= 15 is 0 Å². The Morgan fingerprint density at radius 3 is 2.71 bits per heavy atom. The van der Waals surface area contributed by atoms with Crippen molar-refractivity contribution in [3.05, 3.63) is 29.8 Å². The van der Waals surface area contributed by atoms with E-state index in [4.69, 9.17) is 9.47 Å². The molecule has 1 aliphatic rings. The summed E-state index contributed by atoms with van der Waals surface area (Å²) in [6.07, 6.45) is 3.79. The van der Waals surface area contributed by atoms with Crippen LogP contribution < -0.4 is 4.74 Å². The number of methoxy groups -OCH3 is 1. The molecule has 1 aromatic rings. The molecule has 0 aliphatic carbocycles. The predicted molar refractivity (Wildman–Crippen MR) is 66.2 cm³/mol. The average molecular weight is 236 g/mol. The lowest BCUT2D eigenvalue weighted by Gasteiger charge is -2.21. The molecule has 1 saturated heterocycles. The number of hydrogen-bond donors (Lipinski definition) is 1. The highest BCUT2D eigenvalue weighted by molar-refractivity contribution is 5.28. The molecule has 1 N–H and O–H groups in total. The second-order valence-corrected chi connectivity index (χ2v) is 4.48. The highest BCUT2D eigenvalue weighted by Gasteiger charge is 2.22. The Hall–Kier alpha value is -1.06. The van der Waals surface area contributed by atoms with Crippen LogP contribution in [0, 0.1) is 0 Å². The van der Waals surface area contributed by atoms with Gasteiger partial charge in [0.25, 0.3) is 0 Å². The molecule has 17 heavy (non-hydrogen) atoms. The van der Waals surface area contributed by atoms with Gasteiger partial charge in [0, 0.05) is 6.61 Å². The topological polar surface area (TPSA) is 38.7 Å². The molecule has 1 heterocycles. The van der Waals surface area contributed by atoms with Crippen molar-refractivity contribution in [2.24, 2.45) is 0 Å². The highest BCUT2D eigenvalue weighted by Crippen LogP contribution is 2.27. The number of benzene rings is 1. The fraction of sp³-hybridized carbons (Fsp3) is 0.571. The summed E-state index contributed by atoms with van der Waals surface area (Å²) in [5.41, 5.74) is 0.901. The quantitative estimate of drug-likeness (QED) is 0.877. The fourth-order valence-corrected chi connectivity index (χ4v) is 2.21. The van der Waals surface area contributed by atoms with E-state index in [1.54, 1.807) is 7.11 Å². The minimum absolute atomic E-state index is 0.0640. The van der Waals surface area contributed by atoms with Crippen molar-refractivity contribution in [1.82, 2.24) is 0 Å². The summed E-state index contributed by atoms with van der Waals surface area (Å²) in [7, 11) is 1.64. The molecule has 2 atom stereocenters. The van der Waals surface area contributed by atoms with E-state index in [0.29, 0.717) is 0 Å². The van der Waals surface area contributed by atoms with Gasteiger partial charge in [-0.25, -0.2) is 0 Å². The lowest BCUT2D eigenvalue weighted by Crippen LogP contribution is -2.21. The van der Waals surface area contributed by atoms with Crippen LogP contribution >= 0.6 is 0 Å². The third kappa shape index (κ3) is 3.20. The monoisotopic (exact) mass is 236 g/mol. The minimum atomic E-state index is -0.529. The zero-order chi connectivity index (χ0) is 12.1. The minimum Gasteiger partial charge on any atom is -0.497 e. The van der Waals surface area contributed by atoms with Gasteiger partial charge in [-0.05, 0) is 30.5 Å². The van der Waals surface area contributed by atoms with E-state index in [1.807, 2.05) is 24.3 Å². The van der Waals surface area contributed by atoms with Crippen LogP contribution in [0.3, 0.4) is 0 Å². The van der Waals surface area contributed by atoms with E-state index in [1.165, 1.54) is 6.42 Å². The number of hydrogen-bond acceptors (Lipinski definition) is 3. The van der Waals surface area contributed by atoms with Crippen LogP contribution in [-0.2, 0) is 4.74 Å². The molecule has 94 valence electrons. The van der Waals surface area contributed by atoms with Crippen molar-refractivity contribution >= 4 is 0 Å². The average Bonchev–Trinajstić information content (AvgIpc) is 2.67. The molecule has 2 rings (SSSR count). The van der Waals surface area contributed by atoms with Gasteiger partial charge in [0.05, 0.1) is 13.2 Å². The van der Waals surface area contributed by atoms with Gasteiger partial charge < -0.3 is 14.6 Å². The van der Waals surface area contributed by atoms with E-state index in [2.05, 4.69) is 0 Å². The molecule has 0 radical (unpaired) electrons. The lowest BCUT2D eigenvalue weighted by molar-refractivity contribution is -0.0358. The maximum Gasteiger partial charge on any atom is 0.118 e. The molecule has 0 saturated carbocycles. The molecule has 1 aliphatic heterocycles. The molecule has 1 fully saturated rings. The van der Waals surface area contributed by atoms with E-state index in [9.17, 15) is 5.11 Å². The number of aliphatic hydroxyl groups excluding tert-OH is 1. The Kier molecular flexibility index (Phi) is 4.40. The molecule has 0 spiro atoms. The van der Waals surface area contributed by atoms with Crippen molar-refractivity contribution in [2.75, 3.05) is 13.7 Å². The Balaban J connectivity index is 2.03. The molecule has 3 heteroatoms. The molecule has 1 aromatic carbocycles. The maximum atomic E-state index is 10.3. The number of rotatable bonds is 3. The first-order valence-electron chi connectivity index (χ1n) is 6.25. The first kappa shape index (κ1) is 12.4. The molecule has 0 amide bonds. The lowest BCUT2D eigenvalue weighted by atomic mass is 10.0. The molecule has 0 unspecified atom stereocenters. The summed E-state index contributed by atoms with van der Waals surface area (Å²) in [5.74, 6) is 0.808. The summed E-state index contributed by atoms with van der Waals surface area (Å²) in [5, 5.41) is 10.3. The van der Waals surface area contributed by atoms with Crippen LogP contribution in [-0.4, -0.2) is 24.9 Å². The summed E-state index contributed by atoms with van der Waals surface area (Å²) >= 11 is 0. The second kappa shape index (κ2) is 6.03. The van der Waals surface area contributed by atoms with E-state index in [-0.39, 0.29) is 6.10 Å². The van der Waals surface area contributed by atoms with E-state index in [0.717, 1.165) is 37.2 Å². The molecule has 3 nitrogen and oxygen atoms in total. The van der Waals surface area contributed by atoms with Crippen molar-refractivity contribution < 1.29 is 14.6 Å².